The van der Waals surface area contributed by atoms with Crippen LogP contribution < -0.4 is 10.4 Å². The van der Waals surface area contributed by atoms with Crippen LogP contribution in [0.15, 0.2) is 48.5 Å². The number of ether oxygens (including phenoxy) is 1. The summed E-state index contributed by atoms with van der Waals surface area (Å²) in [5, 5.41) is 8.23. The number of hydrogen-bond donors (Lipinski definition) is 1. The summed E-state index contributed by atoms with van der Waals surface area (Å²) in [5.41, 5.74) is 3.94. The number of imidazole rings is 1. The zero-order chi connectivity index (χ0) is 15.5. The topological polar surface area (TPSA) is 42.9 Å². The van der Waals surface area contributed by atoms with Crippen LogP contribution >= 0.6 is 17.0 Å². The number of aromatic nitrogens is 2. The molecular weight excluding hydrogens is 354 g/mol. The van der Waals surface area contributed by atoms with E-state index in [0.717, 1.165) is 23.2 Å². The summed E-state index contributed by atoms with van der Waals surface area (Å²) in [4.78, 5) is 0. The number of halogens is 1. The molecule has 0 amide bonds. The molecule has 0 radical (unpaired) electrons. The Labute approximate surface area is 146 Å². The van der Waals surface area contributed by atoms with Crippen LogP contribution in [0.1, 0.15) is 12.5 Å². The zero-order valence-electron chi connectivity index (χ0n) is 13.5. The first-order valence-corrected chi connectivity index (χ1v) is 7.61. The van der Waals surface area contributed by atoms with E-state index in [4.69, 9.17) is 10.1 Å². The van der Waals surface area contributed by atoms with E-state index >= 15 is 0 Å². The Balaban J connectivity index is 0.00000192. The molecule has 4 nitrogen and oxygen atoms in total. The van der Waals surface area contributed by atoms with Crippen LogP contribution in [-0.2, 0) is 20.0 Å². The Hall–Kier alpha value is -2.01. The average Bonchev–Trinajstić information content (AvgIpc) is 2.81. The van der Waals surface area contributed by atoms with Gasteiger partial charge in [0.05, 0.1) is 17.6 Å². The molecule has 0 fully saturated rings. The fourth-order valence-electron chi connectivity index (χ4n) is 2.69. The molecule has 0 bridgehead atoms. The SMILES string of the molecule is Br.CCc1ccc(OCCn2c(=N)n(C)c3ccccc32)cc1. The molecule has 1 N–H and O–H groups in total. The molecular formula is C18H22BrN3O. The fourth-order valence-corrected chi connectivity index (χ4v) is 2.69. The molecule has 0 aliphatic carbocycles. The highest BCUT2D eigenvalue weighted by Gasteiger charge is 2.07. The number of nitrogens with zero attached hydrogens (tertiary/aromatic N) is 2. The molecule has 0 saturated carbocycles. The summed E-state index contributed by atoms with van der Waals surface area (Å²) < 4.78 is 9.69. The summed E-state index contributed by atoms with van der Waals surface area (Å²) in [7, 11) is 1.92. The van der Waals surface area contributed by atoms with Gasteiger partial charge in [0.15, 0.2) is 0 Å². The first-order valence-electron chi connectivity index (χ1n) is 7.61. The molecule has 0 saturated heterocycles. The van der Waals surface area contributed by atoms with E-state index in [1.54, 1.807) is 0 Å². The Kier molecular flexibility index (Phi) is 5.66. The first-order chi connectivity index (χ1) is 10.7. The lowest BCUT2D eigenvalue weighted by Crippen LogP contribution is -2.24. The Morgan fingerprint density at radius 3 is 2.30 bits per heavy atom. The second-order valence-electron chi connectivity index (χ2n) is 5.37. The van der Waals surface area contributed by atoms with Gasteiger partial charge in [-0.3, -0.25) is 5.41 Å². The lowest BCUT2D eigenvalue weighted by atomic mass is 10.2. The van der Waals surface area contributed by atoms with Crippen molar-refractivity contribution in [3.8, 4) is 5.75 Å². The molecule has 0 aliphatic rings. The minimum atomic E-state index is 0. The van der Waals surface area contributed by atoms with Gasteiger partial charge in [0.1, 0.15) is 12.4 Å². The Morgan fingerprint density at radius 2 is 1.65 bits per heavy atom. The molecule has 122 valence electrons. The van der Waals surface area contributed by atoms with Gasteiger partial charge >= 0.3 is 0 Å². The Bertz CT molecular complexity index is 834. The van der Waals surface area contributed by atoms with Crippen molar-refractivity contribution in [3.63, 3.8) is 0 Å². The van der Waals surface area contributed by atoms with Gasteiger partial charge < -0.3 is 13.9 Å². The molecule has 1 heterocycles. The normalized spacial score (nSPS) is 10.5. The van der Waals surface area contributed by atoms with E-state index in [1.165, 1.54) is 5.56 Å². The number of benzene rings is 2. The summed E-state index contributed by atoms with van der Waals surface area (Å²) in [6.07, 6.45) is 1.04. The minimum Gasteiger partial charge on any atom is -0.492 e. The molecule has 5 heteroatoms. The van der Waals surface area contributed by atoms with Crippen molar-refractivity contribution >= 4 is 28.0 Å². The monoisotopic (exact) mass is 375 g/mol. The van der Waals surface area contributed by atoms with Crippen LogP contribution in [0.5, 0.6) is 5.75 Å². The first kappa shape index (κ1) is 17.3. The molecule has 3 aromatic rings. The van der Waals surface area contributed by atoms with Gasteiger partial charge in [-0.1, -0.05) is 31.2 Å². The zero-order valence-corrected chi connectivity index (χ0v) is 15.2. The molecule has 0 spiro atoms. The average molecular weight is 376 g/mol. The van der Waals surface area contributed by atoms with Gasteiger partial charge in [0.2, 0.25) is 5.62 Å². The van der Waals surface area contributed by atoms with Gasteiger partial charge in [0, 0.05) is 7.05 Å². The van der Waals surface area contributed by atoms with Crippen LogP contribution in [0.4, 0.5) is 0 Å². The number of aryl methyl sites for hydroxylation is 2. The summed E-state index contributed by atoms with van der Waals surface area (Å²) >= 11 is 0. The van der Waals surface area contributed by atoms with Crippen molar-refractivity contribution in [2.24, 2.45) is 7.05 Å². The number of nitrogens with one attached hydrogen (secondary N) is 1. The van der Waals surface area contributed by atoms with Crippen LogP contribution in [-0.4, -0.2) is 15.7 Å². The number of hydrogen-bond acceptors (Lipinski definition) is 2. The minimum absolute atomic E-state index is 0. The van der Waals surface area contributed by atoms with Crippen molar-refractivity contribution in [2.75, 3.05) is 6.61 Å². The molecule has 0 aliphatic heterocycles. The number of fused-ring (bicyclic) bond motifs is 1. The van der Waals surface area contributed by atoms with Gasteiger partial charge in [0.25, 0.3) is 0 Å². The molecule has 0 atom stereocenters. The standard InChI is InChI=1S/C18H21N3O.BrH/c1-3-14-8-10-15(11-9-14)22-13-12-21-17-7-5-4-6-16(17)20(2)18(21)19;/h4-11,19H,3,12-13H2,1-2H3;1H. The summed E-state index contributed by atoms with van der Waals surface area (Å²) in [5.74, 6) is 0.879. The Morgan fingerprint density at radius 1 is 1.00 bits per heavy atom. The van der Waals surface area contributed by atoms with E-state index < -0.39 is 0 Å². The highest BCUT2D eigenvalue weighted by Crippen LogP contribution is 2.14. The van der Waals surface area contributed by atoms with Crippen molar-refractivity contribution in [2.45, 2.75) is 19.9 Å². The van der Waals surface area contributed by atoms with Crippen molar-refractivity contribution in [1.82, 2.24) is 9.13 Å². The van der Waals surface area contributed by atoms with Gasteiger partial charge in [-0.15, -0.1) is 17.0 Å². The molecule has 2 aromatic carbocycles. The van der Waals surface area contributed by atoms with Crippen LogP contribution in [0, 0.1) is 5.41 Å². The van der Waals surface area contributed by atoms with E-state index in [9.17, 15) is 0 Å². The van der Waals surface area contributed by atoms with Gasteiger partial charge in [-0.05, 0) is 36.2 Å². The molecule has 23 heavy (non-hydrogen) atoms. The molecule has 1 aromatic heterocycles. The third-order valence-corrected chi connectivity index (χ3v) is 4.02. The highest BCUT2D eigenvalue weighted by molar-refractivity contribution is 8.93. The smallest absolute Gasteiger partial charge is 0.202 e. The van der Waals surface area contributed by atoms with E-state index in [0.29, 0.717) is 18.8 Å². The third-order valence-electron chi connectivity index (χ3n) is 4.02. The maximum Gasteiger partial charge on any atom is 0.202 e. The van der Waals surface area contributed by atoms with Crippen LogP contribution in [0.3, 0.4) is 0 Å². The van der Waals surface area contributed by atoms with Gasteiger partial charge in [-0.2, -0.15) is 0 Å². The summed E-state index contributed by atoms with van der Waals surface area (Å²) in [6, 6.07) is 16.3. The predicted molar refractivity (Wildman–Crippen MR) is 98.4 cm³/mol. The number of para-hydroxylation sites is 2. The predicted octanol–water partition coefficient (Wildman–Crippen LogP) is 3.68. The lowest BCUT2D eigenvalue weighted by Gasteiger charge is -2.08. The largest absolute Gasteiger partial charge is 0.492 e. The van der Waals surface area contributed by atoms with Crippen LogP contribution in [0.25, 0.3) is 11.0 Å². The van der Waals surface area contributed by atoms with E-state index in [2.05, 4.69) is 19.1 Å². The number of rotatable bonds is 5. The van der Waals surface area contributed by atoms with Crippen molar-refractivity contribution in [1.29, 1.82) is 5.41 Å². The second-order valence-corrected chi connectivity index (χ2v) is 5.37. The maximum absolute atomic E-state index is 8.23. The van der Waals surface area contributed by atoms with Gasteiger partial charge in [-0.25, -0.2) is 0 Å². The van der Waals surface area contributed by atoms with E-state index in [-0.39, 0.29) is 17.0 Å². The summed E-state index contributed by atoms with van der Waals surface area (Å²) in [6.45, 7) is 3.36. The molecule has 3 rings (SSSR count). The second kappa shape index (κ2) is 7.51. The van der Waals surface area contributed by atoms with Crippen molar-refractivity contribution in [3.05, 3.63) is 59.7 Å². The lowest BCUT2D eigenvalue weighted by molar-refractivity contribution is 0.297. The van der Waals surface area contributed by atoms with E-state index in [1.807, 2.05) is 52.6 Å². The van der Waals surface area contributed by atoms with Crippen molar-refractivity contribution < 1.29 is 4.74 Å². The fraction of sp³-hybridized carbons (Fsp3) is 0.278. The third kappa shape index (κ3) is 3.50. The maximum atomic E-state index is 8.23. The molecule has 0 unspecified atom stereocenters. The quantitative estimate of drug-likeness (QED) is 0.725. The van der Waals surface area contributed by atoms with Crippen LogP contribution in [0.2, 0.25) is 0 Å². The highest BCUT2D eigenvalue weighted by atomic mass is 79.9.